The number of aliphatic hydroxyl groups excluding tert-OH is 1. The molecule has 0 bridgehead atoms. The molecule has 2 aromatic carbocycles. The van der Waals surface area contributed by atoms with Crippen molar-refractivity contribution in [2.24, 2.45) is 0 Å². The SMILES string of the molecule is CCC(Oc1cccc(CO)c1)C(=O)c1ccccc1. The molecule has 20 heavy (non-hydrogen) atoms. The summed E-state index contributed by atoms with van der Waals surface area (Å²) in [5.41, 5.74) is 1.42. The summed E-state index contributed by atoms with van der Waals surface area (Å²) >= 11 is 0. The van der Waals surface area contributed by atoms with Crippen molar-refractivity contribution in [3.8, 4) is 5.75 Å². The van der Waals surface area contributed by atoms with Crippen LogP contribution in [0.2, 0.25) is 0 Å². The van der Waals surface area contributed by atoms with Gasteiger partial charge in [0.2, 0.25) is 5.78 Å². The van der Waals surface area contributed by atoms with Crippen molar-refractivity contribution >= 4 is 5.78 Å². The Labute approximate surface area is 118 Å². The van der Waals surface area contributed by atoms with Crippen molar-refractivity contribution in [2.75, 3.05) is 0 Å². The number of ether oxygens (including phenoxy) is 1. The van der Waals surface area contributed by atoms with Gasteiger partial charge in [-0.2, -0.15) is 0 Å². The van der Waals surface area contributed by atoms with Gasteiger partial charge in [-0.1, -0.05) is 49.4 Å². The molecule has 1 atom stereocenters. The van der Waals surface area contributed by atoms with Crippen LogP contribution in [0, 0.1) is 0 Å². The molecule has 3 nitrogen and oxygen atoms in total. The molecule has 0 aliphatic rings. The number of Topliss-reactive ketones (excluding diaryl/α,β-unsaturated/α-hetero) is 1. The fourth-order valence-electron chi connectivity index (χ4n) is 1.99. The summed E-state index contributed by atoms with van der Waals surface area (Å²) < 4.78 is 5.76. The monoisotopic (exact) mass is 270 g/mol. The Hall–Kier alpha value is -2.13. The van der Waals surface area contributed by atoms with E-state index in [1.807, 2.05) is 31.2 Å². The molecule has 0 amide bonds. The third kappa shape index (κ3) is 3.45. The van der Waals surface area contributed by atoms with E-state index in [-0.39, 0.29) is 12.4 Å². The first-order valence-electron chi connectivity index (χ1n) is 6.70. The average molecular weight is 270 g/mol. The second-order valence-electron chi connectivity index (χ2n) is 4.55. The summed E-state index contributed by atoms with van der Waals surface area (Å²) in [6.07, 6.45) is 0.0863. The highest BCUT2D eigenvalue weighted by atomic mass is 16.5. The maximum atomic E-state index is 12.4. The number of hydrogen-bond acceptors (Lipinski definition) is 3. The van der Waals surface area contributed by atoms with Crippen LogP contribution in [0.1, 0.15) is 29.3 Å². The second kappa shape index (κ2) is 6.87. The van der Waals surface area contributed by atoms with Crippen LogP contribution in [0.15, 0.2) is 54.6 Å². The first kappa shape index (κ1) is 14.3. The molecule has 0 aliphatic carbocycles. The fourth-order valence-corrected chi connectivity index (χ4v) is 1.99. The van der Waals surface area contributed by atoms with Gasteiger partial charge in [-0.25, -0.2) is 0 Å². The number of carbonyl (C=O) groups is 1. The lowest BCUT2D eigenvalue weighted by Gasteiger charge is -2.17. The van der Waals surface area contributed by atoms with Gasteiger partial charge in [-0.3, -0.25) is 4.79 Å². The number of carbonyl (C=O) groups excluding carboxylic acids is 1. The highest BCUT2D eigenvalue weighted by molar-refractivity contribution is 5.99. The zero-order valence-corrected chi connectivity index (χ0v) is 11.5. The zero-order valence-electron chi connectivity index (χ0n) is 11.5. The van der Waals surface area contributed by atoms with Gasteiger partial charge in [-0.05, 0) is 24.1 Å². The Morgan fingerprint density at radius 1 is 1.15 bits per heavy atom. The largest absolute Gasteiger partial charge is 0.482 e. The van der Waals surface area contributed by atoms with Crippen LogP contribution in [-0.4, -0.2) is 17.0 Å². The number of ketones is 1. The molecule has 0 spiro atoms. The Balaban J connectivity index is 2.14. The Morgan fingerprint density at radius 3 is 2.55 bits per heavy atom. The third-order valence-corrected chi connectivity index (χ3v) is 3.08. The predicted molar refractivity (Wildman–Crippen MR) is 77.8 cm³/mol. The minimum absolute atomic E-state index is 0.0255. The molecule has 0 radical (unpaired) electrons. The maximum absolute atomic E-state index is 12.4. The molecule has 0 fully saturated rings. The van der Waals surface area contributed by atoms with E-state index in [0.717, 1.165) is 5.56 Å². The van der Waals surface area contributed by atoms with E-state index < -0.39 is 6.10 Å². The Kier molecular flexibility index (Phi) is 4.91. The van der Waals surface area contributed by atoms with Gasteiger partial charge in [0.1, 0.15) is 5.75 Å². The Morgan fingerprint density at radius 2 is 1.90 bits per heavy atom. The van der Waals surface area contributed by atoms with Crippen LogP contribution in [-0.2, 0) is 6.61 Å². The second-order valence-corrected chi connectivity index (χ2v) is 4.55. The van der Waals surface area contributed by atoms with Gasteiger partial charge < -0.3 is 9.84 Å². The summed E-state index contributed by atoms with van der Waals surface area (Å²) in [5.74, 6) is 0.579. The Bertz CT molecular complexity index is 563. The lowest BCUT2D eigenvalue weighted by molar-refractivity contribution is 0.0786. The molecular weight excluding hydrogens is 252 g/mol. The highest BCUT2D eigenvalue weighted by Crippen LogP contribution is 2.18. The molecule has 2 rings (SSSR count). The van der Waals surface area contributed by atoms with Crippen LogP contribution in [0.3, 0.4) is 0 Å². The summed E-state index contributed by atoms with van der Waals surface area (Å²) in [6.45, 7) is 1.88. The normalized spacial score (nSPS) is 11.9. The summed E-state index contributed by atoms with van der Waals surface area (Å²) in [5, 5.41) is 9.12. The summed E-state index contributed by atoms with van der Waals surface area (Å²) in [4.78, 5) is 12.4. The van der Waals surface area contributed by atoms with Gasteiger partial charge in [0.25, 0.3) is 0 Å². The van der Waals surface area contributed by atoms with Crippen LogP contribution in [0.25, 0.3) is 0 Å². The molecule has 0 saturated carbocycles. The molecule has 0 heterocycles. The van der Waals surface area contributed by atoms with Gasteiger partial charge >= 0.3 is 0 Å². The highest BCUT2D eigenvalue weighted by Gasteiger charge is 2.19. The standard InChI is InChI=1S/C17H18O3/c1-2-16(17(19)14-8-4-3-5-9-14)20-15-10-6-7-13(11-15)12-18/h3-11,16,18H,2,12H2,1H3. The van der Waals surface area contributed by atoms with Crippen molar-refractivity contribution < 1.29 is 14.6 Å². The van der Waals surface area contributed by atoms with Gasteiger partial charge in [0.05, 0.1) is 6.61 Å². The topological polar surface area (TPSA) is 46.5 Å². The van der Waals surface area contributed by atoms with Gasteiger partial charge in [-0.15, -0.1) is 0 Å². The van der Waals surface area contributed by atoms with E-state index in [2.05, 4.69) is 0 Å². The van der Waals surface area contributed by atoms with Crippen LogP contribution in [0.4, 0.5) is 0 Å². The van der Waals surface area contributed by atoms with E-state index in [1.54, 1.807) is 30.3 Å². The lowest BCUT2D eigenvalue weighted by Crippen LogP contribution is -2.26. The van der Waals surface area contributed by atoms with Crippen molar-refractivity contribution in [1.82, 2.24) is 0 Å². The molecule has 3 heteroatoms. The van der Waals surface area contributed by atoms with E-state index in [1.165, 1.54) is 0 Å². The number of aliphatic hydroxyl groups is 1. The minimum atomic E-state index is -0.508. The van der Waals surface area contributed by atoms with Crippen LogP contribution in [0.5, 0.6) is 5.75 Å². The van der Waals surface area contributed by atoms with E-state index in [4.69, 9.17) is 9.84 Å². The van der Waals surface area contributed by atoms with Crippen molar-refractivity contribution in [2.45, 2.75) is 26.1 Å². The van der Waals surface area contributed by atoms with Crippen LogP contribution >= 0.6 is 0 Å². The van der Waals surface area contributed by atoms with Crippen molar-refractivity contribution in [1.29, 1.82) is 0 Å². The van der Waals surface area contributed by atoms with Crippen molar-refractivity contribution in [3.63, 3.8) is 0 Å². The quantitative estimate of drug-likeness (QED) is 0.820. The smallest absolute Gasteiger partial charge is 0.203 e. The summed E-state index contributed by atoms with van der Waals surface area (Å²) in [6, 6.07) is 16.3. The number of benzene rings is 2. The molecule has 0 aromatic heterocycles. The van der Waals surface area contributed by atoms with Crippen molar-refractivity contribution in [3.05, 3.63) is 65.7 Å². The first-order chi connectivity index (χ1) is 9.74. The molecule has 2 aromatic rings. The number of hydrogen-bond donors (Lipinski definition) is 1. The summed E-state index contributed by atoms with van der Waals surface area (Å²) in [7, 11) is 0. The molecule has 104 valence electrons. The molecule has 1 N–H and O–H groups in total. The van der Waals surface area contributed by atoms with E-state index in [9.17, 15) is 4.79 Å². The fraction of sp³-hybridized carbons (Fsp3) is 0.235. The first-order valence-corrected chi connectivity index (χ1v) is 6.70. The lowest BCUT2D eigenvalue weighted by atomic mass is 10.0. The maximum Gasteiger partial charge on any atom is 0.203 e. The number of rotatable bonds is 6. The van der Waals surface area contributed by atoms with Crippen LogP contribution < -0.4 is 4.74 Å². The van der Waals surface area contributed by atoms with E-state index >= 15 is 0 Å². The van der Waals surface area contributed by atoms with E-state index in [0.29, 0.717) is 17.7 Å². The zero-order chi connectivity index (χ0) is 14.4. The molecule has 1 unspecified atom stereocenters. The molecular formula is C17H18O3. The molecule has 0 aliphatic heterocycles. The third-order valence-electron chi connectivity index (χ3n) is 3.08. The molecule has 0 saturated heterocycles. The van der Waals surface area contributed by atoms with Gasteiger partial charge in [0.15, 0.2) is 6.10 Å². The minimum Gasteiger partial charge on any atom is -0.482 e. The van der Waals surface area contributed by atoms with Gasteiger partial charge in [0, 0.05) is 5.56 Å². The average Bonchev–Trinajstić information content (AvgIpc) is 2.53. The predicted octanol–water partition coefficient (Wildman–Crippen LogP) is 3.22.